The predicted molar refractivity (Wildman–Crippen MR) is 67.0 cm³/mol. The number of hydrogen-bond donors (Lipinski definition) is 0. The predicted octanol–water partition coefficient (Wildman–Crippen LogP) is 3.00. The van der Waals surface area contributed by atoms with Crippen LogP contribution in [-0.4, -0.2) is 17.7 Å². The molecule has 0 aromatic heterocycles. The smallest absolute Gasteiger partial charge is 0.341 e. The molecule has 1 saturated heterocycles. The summed E-state index contributed by atoms with van der Waals surface area (Å²) in [5, 5.41) is 0. The molecule has 2 atom stereocenters. The van der Waals surface area contributed by atoms with E-state index in [4.69, 9.17) is 9.47 Å². The van der Waals surface area contributed by atoms with E-state index in [1.54, 1.807) is 0 Å². The zero-order valence-corrected chi connectivity index (χ0v) is 10.6. The average Bonchev–Trinajstić information content (AvgIpc) is 2.84. The summed E-state index contributed by atoms with van der Waals surface area (Å²) in [6, 6.07) is 9.84. The normalized spacial score (nSPS) is 31.3. The molecule has 0 amide bonds. The number of epoxide rings is 1. The molecular formula is C15H18O3. The van der Waals surface area contributed by atoms with Crippen LogP contribution in [0.1, 0.15) is 44.3 Å². The molecule has 1 aromatic carbocycles. The number of ether oxygens (including phenoxy) is 2. The highest BCUT2D eigenvalue weighted by Crippen LogP contribution is 2.50. The standard InChI is InChI=1S/C15H18O3/c1-15(14(16)17-12-9-5-6-10-12)13(18-15)11-7-3-2-4-8-11/h2-4,7-8,12-13H,5-6,9-10H2,1H3. The van der Waals surface area contributed by atoms with Crippen molar-refractivity contribution in [3.8, 4) is 0 Å². The Kier molecular flexibility index (Phi) is 2.86. The third-order valence-corrected chi connectivity index (χ3v) is 3.89. The molecule has 0 spiro atoms. The molecule has 18 heavy (non-hydrogen) atoms. The molecule has 1 heterocycles. The van der Waals surface area contributed by atoms with Gasteiger partial charge in [0.15, 0.2) is 5.60 Å². The van der Waals surface area contributed by atoms with E-state index in [0.717, 1.165) is 31.2 Å². The van der Waals surface area contributed by atoms with Crippen LogP contribution in [-0.2, 0) is 14.3 Å². The number of benzene rings is 1. The Morgan fingerprint density at radius 2 is 1.94 bits per heavy atom. The van der Waals surface area contributed by atoms with Crippen LogP contribution in [0.2, 0.25) is 0 Å². The Morgan fingerprint density at radius 1 is 1.28 bits per heavy atom. The van der Waals surface area contributed by atoms with Crippen molar-refractivity contribution in [1.82, 2.24) is 0 Å². The van der Waals surface area contributed by atoms with Crippen molar-refractivity contribution < 1.29 is 14.3 Å². The molecule has 3 heteroatoms. The maximum Gasteiger partial charge on any atom is 0.341 e. The van der Waals surface area contributed by atoms with Crippen LogP contribution in [0.4, 0.5) is 0 Å². The third-order valence-electron chi connectivity index (χ3n) is 3.89. The molecule has 1 aromatic rings. The zero-order valence-electron chi connectivity index (χ0n) is 10.6. The molecule has 3 rings (SSSR count). The summed E-state index contributed by atoms with van der Waals surface area (Å²) in [7, 11) is 0. The third kappa shape index (κ3) is 2.03. The van der Waals surface area contributed by atoms with Crippen LogP contribution in [0.5, 0.6) is 0 Å². The van der Waals surface area contributed by atoms with Crippen molar-refractivity contribution in [2.24, 2.45) is 0 Å². The van der Waals surface area contributed by atoms with Crippen molar-refractivity contribution in [3.05, 3.63) is 35.9 Å². The number of rotatable bonds is 3. The minimum Gasteiger partial charge on any atom is -0.460 e. The summed E-state index contributed by atoms with van der Waals surface area (Å²) in [6.45, 7) is 1.82. The Bertz CT molecular complexity index is 436. The van der Waals surface area contributed by atoms with Crippen LogP contribution in [0.25, 0.3) is 0 Å². The van der Waals surface area contributed by atoms with E-state index in [0.29, 0.717) is 0 Å². The Hall–Kier alpha value is -1.35. The van der Waals surface area contributed by atoms with Gasteiger partial charge in [0.2, 0.25) is 0 Å². The molecule has 2 fully saturated rings. The van der Waals surface area contributed by atoms with Crippen LogP contribution in [0, 0.1) is 0 Å². The summed E-state index contributed by atoms with van der Waals surface area (Å²) >= 11 is 0. The van der Waals surface area contributed by atoms with E-state index in [1.165, 1.54) is 0 Å². The van der Waals surface area contributed by atoms with Crippen LogP contribution < -0.4 is 0 Å². The fourth-order valence-corrected chi connectivity index (χ4v) is 2.65. The monoisotopic (exact) mass is 246 g/mol. The van der Waals surface area contributed by atoms with E-state index >= 15 is 0 Å². The molecular weight excluding hydrogens is 228 g/mol. The second kappa shape index (κ2) is 4.39. The molecule has 2 aliphatic rings. The SMILES string of the molecule is CC1(C(=O)OC2CCCC2)OC1c1ccccc1. The summed E-state index contributed by atoms with van der Waals surface area (Å²) in [6.07, 6.45) is 4.29. The maximum absolute atomic E-state index is 12.1. The van der Waals surface area contributed by atoms with Gasteiger partial charge in [0.1, 0.15) is 12.2 Å². The number of hydrogen-bond acceptors (Lipinski definition) is 3. The van der Waals surface area contributed by atoms with Gasteiger partial charge in [-0.05, 0) is 38.2 Å². The van der Waals surface area contributed by atoms with E-state index < -0.39 is 5.60 Å². The van der Waals surface area contributed by atoms with Gasteiger partial charge in [0.25, 0.3) is 0 Å². The van der Waals surface area contributed by atoms with E-state index in [9.17, 15) is 4.79 Å². The van der Waals surface area contributed by atoms with Gasteiger partial charge in [-0.1, -0.05) is 30.3 Å². The van der Waals surface area contributed by atoms with Gasteiger partial charge in [0.05, 0.1) is 0 Å². The minimum absolute atomic E-state index is 0.106. The fourth-order valence-electron chi connectivity index (χ4n) is 2.65. The highest BCUT2D eigenvalue weighted by Gasteiger charge is 2.61. The van der Waals surface area contributed by atoms with Gasteiger partial charge in [-0.15, -0.1) is 0 Å². The number of esters is 1. The molecule has 0 N–H and O–H groups in total. The summed E-state index contributed by atoms with van der Waals surface area (Å²) < 4.78 is 11.1. The summed E-state index contributed by atoms with van der Waals surface area (Å²) in [5.74, 6) is -0.205. The first-order valence-electron chi connectivity index (χ1n) is 6.64. The van der Waals surface area contributed by atoms with Gasteiger partial charge < -0.3 is 9.47 Å². The molecule has 0 radical (unpaired) electrons. The Balaban J connectivity index is 1.64. The van der Waals surface area contributed by atoms with Crippen molar-refractivity contribution in [3.63, 3.8) is 0 Å². The first kappa shape index (κ1) is 11.7. The highest BCUT2D eigenvalue weighted by atomic mass is 16.7. The molecule has 1 aliphatic heterocycles. The average molecular weight is 246 g/mol. The maximum atomic E-state index is 12.1. The van der Waals surface area contributed by atoms with E-state index in [1.807, 2.05) is 37.3 Å². The molecule has 0 bridgehead atoms. The number of carbonyl (C=O) groups is 1. The Morgan fingerprint density at radius 3 is 2.61 bits per heavy atom. The zero-order chi connectivity index (χ0) is 12.6. The van der Waals surface area contributed by atoms with E-state index in [-0.39, 0.29) is 18.2 Å². The molecule has 96 valence electrons. The minimum atomic E-state index is -0.774. The molecule has 2 unspecified atom stereocenters. The van der Waals surface area contributed by atoms with E-state index in [2.05, 4.69) is 0 Å². The number of carbonyl (C=O) groups excluding carboxylic acids is 1. The first-order valence-corrected chi connectivity index (χ1v) is 6.64. The topological polar surface area (TPSA) is 38.8 Å². The lowest BCUT2D eigenvalue weighted by atomic mass is 10.0. The van der Waals surface area contributed by atoms with Gasteiger partial charge in [0, 0.05) is 0 Å². The Labute approximate surface area is 107 Å². The lowest BCUT2D eigenvalue weighted by Crippen LogP contribution is -2.28. The first-order chi connectivity index (χ1) is 8.70. The van der Waals surface area contributed by atoms with Crippen LogP contribution in [0.3, 0.4) is 0 Å². The molecule has 1 aliphatic carbocycles. The quantitative estimate of drug-likeness (QED) is 0.608. The highest BCUT2D eigenvalue weighted by molar-refractivity contribution is 5.83. The van der Waals surface area contributed by atoms with Gasteiger partial charge in [-0.3, -0.25) is 0 Å². The second-order valence-electron chi connectivity index (χ2n) is 5.33. The van der Waals surface area contributed by atoms with Gasteiger partial charge in [-0.25, -0.2) is 4.79 Å². The lowest BCUT2D eigenvalue weighted by molar-refractivity contribution is -0.154. The van der Waals surface area contributed by atoms with Crippen molar-refractivity contribution >= 4 is 5.97 Å². The van der Waals surface area contributed by atoms with Crippen molar-refractivity contribution in [1.29, 1.82) is 0 Å². The largest absolute Gasteiger partial charge is 0.460 e. The van der Waals surface area contributed by atoms with Crippen LogP contribution in [0.15, 0.2) is 30.3 Å². The summed E-state index contributed by atoms with van der Waals surface area (Å²) in [5.41, 5.74) is 0.271. The molecule has 1 saturated carbocycles. The second-order valence-corrected chi connectivity index (χ2v) is 5.33. The lowest BCUT2D eigenvalue weighted by Gasteiger charge is -2.13. The van der Waals surface area contributed by atoms with Crippen LogP contribution >= 0.6 is 0 Å². The van der Waals surface area contributed by atoms with Gasteiger partial charge in [-0.2, -0.15) is 0 Å². The van der Waals surface area contributed by atoms with Crippen molar-refractivity contribution in [2.45, 2.75) is 50.4 Å². The summed E-state index contributed by atoms with van der Waals surface area (Å²) in [4.78, 5) is 12.1. The fraction of sp³-hybridized carbons (Fsp3) is 0.533. The van der Waals surface area contributed by atoms with Crippen molar-refractivity contribution in [2.75, 3.05) is 0 Å². The molecule has 3 nitrogen and oxygen atoms in total. The van der Waals surface area contributed by atoms with Gasteiger partial charge >= 0.3 is 5.97 Å².